The maximum absolute atomic E-state index is 12.5. The number of urea groups is 1. The summed E-state index contributed by atoms with van der Waals surface area (Å²) in [6.45, 7) is 11.3. The van der Waals surface area contributed by atoms with Gasteiger partial charge in [0.05, 0.1) is 12.7 Å². The van der Waals surface area contributed by atoms with Crippen LogP contribution in [0.1, 0.15) is 86.3 Å². The molecule has 0 spiro atoms. The molecule has 0 aromatic heterocycles. The molecule has 1 heterocycles. The number of ether oxygens (including phenoxy) is 3. The fraction of sp³-hybridized carbons (Fsp3) is 0.486. The number of nitrogens with one attached hydrogen (secondary N) is 3. The molecule has 1 aliphatic heterocycles. The molecule has 45 heavy (non-hydrogen) atoms. The number of carbonyl (C=O) groups is 1. The number of para-hydroxylation sites is 1. The molecular formula is C37H51N3O5. The predicted molar refractivity (Wildman–Crippen MR) is 181 cm³/mol. The average Bonchev–Trinajstić information content (AvgIpc) is 3.00. The fourth-order valence-corrected chi connectivity index (χ4v) is 5.46. The van der Waals surface area contributed by atoms with Crippen molar-refractivity contribution in [3.8, 4) is 5.75 Å². The zero-order chi connectivity index (χ0) is 32.1. The molecule has 8 heteroatoms. The van der Waals surface area contributed by atoms with Gasteiger partial charge in [0.15, 0.2) is 0 Å². The molecule has 244 valence electrons. The lowest BCUT2D eigenvalue weighted by atomic mass is 10.0. The lowest BCUT2D eigenvalue weighted by molar-refractivity contribution is -0.180. The van der Waals surface area contributed by atoms with Crippen molar-refractivity contribution in [2.24, 2.45) is 0 Å². The van der Waals surface area contributed by atoms with E-state index in [2.05, 4.69) is 22.0 Å². The van der Waals surface area contributed by atoms with Crippen molar-refractivity contribution in [3.05, 3.63) is 88.5 Å². The van der Waals surface area contributed by atoms with Gasteiger partial charge in [-0.3, -0.25) is 0 Å². The minimum atomic E-state index is -0.613. The molecule has 0 fully saturated rings. The first kappa shape index (κ1) is 34.4. The number of unbranched alkanes of at least 4 members (excludes halogenated alkanes) is 4. The van der Waals surface area contributed by atoms with E-state index in [1.165, 1.54) is 5.56 Å². The monoisotopic (exact) mass is 617 g/mol. The molecule has 1 atom stereocenters. The molecule has 0 aliphatic carbocycles. The highest BCUT2D eigenvalue weighted by Crippen LogP contribution is 2.33. The zero-order valence-corrected chi connectivity index (χ0v) is 27.4. The molecular weight excluding hydrogens is 566 g/mol. The van der Waals surface area contributed by atoms with Gasteiger partial charge in [0.2, 0.25) is 5.79 Å². The number of rotatable bonds is 17. The topological polar surface area (TPSA) is 101 Å². The van der Waals surface area contributed by atoms with Crippen LogP contribution in [-0.4, -0.2) is 43.2 Å². The normalized spacial score (nSPS) is 14.3. The SMILES string of the molecule is Cc1cccc(C)c1NC(=O)Nc1cccc(CCCCOCCCCCCNC[C@@H](O)c2ccc3c(c2)COC(C)(C)O3)c1. The maximum Gasteiger partial charge on any atom is 0.323 e. The second-order valence-corrected chi connectivity index (χ2v) is 12.4. The van der Waals surface area contributed by atoms with Gasteiger partial charge in [0.25, 0.3) is 0 Å². The Hall–Kier alpha value is -3.43. The summed E-state index contributed by atoms with van der Waals surface area (Å²) < 4.78 is 17.4. The number of aryl methyl sites for hydroxylation is 3. The van der Waals surface area contributed by atoms with Crippen molar-refractivity contribution >= 4 is 17.4 Å². The average molecular weight is 618 g/mol. The summed E-state index contributed by atoms with van der Waals surface area (Å²) in [5, 5.41) is 19.9. The number of anilines is 2. The van der Waals surface area contributed by atoms with Gasteiger partial charge in [-0.1, -0.05) is 49.2 Å². The Morgan fingerprint density at radius 3 is 2.44 bits per heavy atom. The first-order valence-electron chi connectivity index (χ1n) is 16.4. The van der Waals surface area contributed by atoms with E-state index in [0.717, 1.165) is 104 Å². The largest absolute Gasteiger partial charge is 0.463 e. The molecule has 3 aromatic rings. The molecule has 3 aromatic carbocycles. The molecule has 0 radical (unpaired) electrons. The van der Waals surface area contributed by atoms with Crippen molar-refractivity contribution in [3.63, 3.8) is 0 Å². The highest BCUT2D eigenvalue weighted by Gasteiger charge is 2.27. The Morgan fingerprint density at radius 1 is 0.911 bits per heavy atom. The van der Waals surface area contributed by atoms with E-state index in [9.17, 15) is 9.90 Å². The Bertz CT molecular complexity index is 1360. The fourth-order valence-electron chi connectivity index (χ4n) is 5.46. The zero-order valence-electron chi connectivity index (χ0n) is 27.4. The third kappa shape index (κ3) is 11.5. The number of benzene rings is 3. The number of aliphatic hydroxyl groups excluding tert-OH is 1. The Balaban J connectivity index is 0.987. The summed E-state index contributed by atoms with van der Waals surface area (Å²) in [7, 11) is 0. The van der Waals surface area contributed by atoms with Crippen LogP contribution in [0.5, 0.6) is 5.75 Å². The summed E-state index contributed by atoms with van der Waals surface area (Å²) in [4.78, 5) is 12.5. The molecule has 1 aliphatic rings. The highest BCUT2D eigenvalue weighted by atomic mass is 16.7. The van der Waals surface area contributed by atoms with Gasteiger partial charge >= 0.3 is 6.03 Å². The molecule has 8 nitrogen and oxygen atoms in total. The molecule has 0 unspecified atom stereocenters. The molecule has 0 bridgehead atoms. The van der Waals surface area contributed by atoms with Gasteiger partial charge in [-0.25, -0.2) is 4.79 Å². The minimum Gasteiger partial charge on any atom is -0.463 e. The van der Waals surface area contributed by atoms with Gasteiger partial charge in [-0.2, -0.15) is 0 Å². The molecule has 2 amide bonds. The van der Waals surface area contributed by atoms with Crippen LogP contribution >= 0.6 is 0 Å². The highest BCUT2D eigenvalue weighted by molar-refractivity contribution is 6.00. The van der Waals surface area contributed by atoms with Crippen molar-refractivity contribution in [1.29, 1.82) is 0 Å². The number of carbonyl (C=O) groups excluding carboxylic acids is 1. The van der Waals surface area contributed by atoms with Crippen LogP contribution in [0.2, 0.25) is 0 Å². The van der Waals surface area contributed by atoms with Crippen LogP contribution in [0.3, 0.4) is 0 Å². The number of fused-ring (bicyclic) bond motifs is 1. The molecule has 4 rings (SSSR count). The smallest absolute Gasteiger partial charge is 0.323 e. The predicted octanol–water partition coefficient (Wildman–Crippen LogP) is 7.82. The second-order valence-electron chi connectivity index (χ2n) is 12.4. The minimum absolute atomic E-state index is 0.231. The van der Waals surface area contributed by atoms with Crippen LogP contribution in [0, 0.1) is 13.8 Å². The number of hydrogen-bond donors (Lipinski definition) is 4. The van der Waals surface area contributed by atoms with Gasteiger partial charge in [-0.15, -0.1) is 0 Å². The number of hydrogen-bond acceptors (Lipinski definition) is 6. The molecule has 0 saturated carbocycles. The van der Waals surface area contributed by atoms with E-state index < -0.39 is 11.9 Å². The summed E-state index contributed by atoms with van der Waals surface area (Å²) in [6, 6.07) is 19.6. The van der Waals surface area contributed by atoms with Gasteiger partial charge in [-0.05, 0) is 99.0 Å². The Morgan fingerprint density at radius 2 is 1.64 bits per heavy atom. The van der Waals surface area contributed by atoms with Crippen molar-refractivity contribution in [2.45, 2.75) is 91.1 Å². The summed E-state index contributed by atoms with van der Waals surface area (Å²) >= 11 is 0. The quantitative estimate of drug-likeness (QED) is 0.115. The first-order chi connectivity index (χ1) is 21.7. The van der Waals surface area contributed by atoms with Crippen LogP contribution in [0.4, 0.5) is 16.2 Å². The van der Waals surface area contributed by atoms with E-state index in [-0.39, 0.29) is 6.03 Å². The summed E-state index contributed by atoms with van der Waals surface area (Å²) in [5.74, 6) is 0.213. The van der Waals surface area contributed by atoms with E-state index in [1.807, 2.05) is 82.3 Å². The molecule has 4 N–H and O–H groups in total. The van der Waals surface area contributed by atoms with E-state index in [0.29, 0.717) is 13.2 Å². The van der Waals surface area contributed by atoms with Gasteiger partial charge in [0.1, 0.15) is 5.75 Å². The third-order valence-electron chi connectivity index (χ3n) is 8.04. The first-order valence-corrected chi connectivity index (χ1v) is 16.4. The summed E-state index contributed by atoms with van der Waals surface area (Å²) in [5.41, 5.74) is 6.79. The standard InChI is InChI=1S/C37H51N3O5/c1-27-13-11-14-28(2)35(27)40-36(42)39-32-17-12-16-29(23-32)15-7-10-22-43-21-9-6-5-8-20-38-25-33(41)30-18-19-34-31(24-30)26-44-37(3,4)45-34/h11-14,16-19,23-24,33,38,41H,5-10,15,20-22,25-26H2,1-4H3,(H2,39,40,42)/t33-/m1/s1. The van der Waals surface area contributed by atoms with Crippen molar-refractivity contribution < 1.29 is 24.1 Å². The Kier molecular flexibility index (Phi) is 13.3. The summed E-state index contributed by atoms with van der Waals surface area (Å²) in [6.07, 6.45) is 6.88. The van der Waals surface area contributed by atoms with Crippen molar-refractivity contribution in [1.82, 2.24) is 5.32 Å². The van der Waals surface area contributed by atoms with Gasteiger partial charge in [0, 0.05) is 50.5 Å². The van der Waals surface area contributed by atoms with Crippen LogP contribution < -0.4 is 20.7 Å². The second kappa shape index (κ2) is 17.3. The van der Waals surface area contributed by atoms with E-state index >= 15 is 0 Å². The van der Waals surface area contributed by atoms with Crippen LogP contribution in [-0.2, 0) is 22.5 Å². The van der Waals surface area contributed by atoms with Crippen LogP contribution in [0.25, 0.3) is 0 Å². The Labute approximate surface area is 268 Å². The lowest BCUT2D eigenvalue weighted by Crippen LogP contribution is -2.35. The molecule has 0 saturated heterocycles. The van der Waals surface area contributed by atoms with E-state index in [4.69, 9.17) is 14.2 Å². The third-order valence-corrected chi connectivity index (χ3v) is 8.04. The number of amides is 2. The van der Waals surface area contributed by atoms with Crippen molar-refractivity contribution in [2.75, 3.05) is 36.9 Å². The van der Waals surface area contributed by atoms with Crippen LogP contribution in [0.15, 0.2) is 60.7 Å². The lowest BCUT2D eigenvalue weighted by Gasteiger charge is -2.33. The number of aliphatic hydroxyl groups is 1. The maximum atomic E-state index is 12.5. The van der Waals surface area contributed by atoms with Gasteiger partial charge < -0.3 is 35.3 Å². The van der Waals surface area contributed by atoms with E-state index in [1.54, 1.807) is 0 Å².